The molecule has 0 radical (unpaired) electrons. The molecule has 0 saturated carbocycles. The van der Waals surface area contributed by atoms with Crippen molar-refractivity contribution in [3.8, 4) is 0 Å². The molecule has 4 N–H and O–H groups in total. The second-order valence-corrected chi connectivity index (χ2v) is 10.7. The highest BCUT2D eigenvalue weighted by molar-refractivity contribution is 5.77. The van der Waals surface area contributed by atoms with Crippen LogP contribution in [0.15, 0.2) is 36.5 Å². The van der Waals surface area contributed by atoms with Crippen molar-refractivity contribution in [2.75, 3.05) is 52.4 Å². The van der Waals surface area contributed by atoms with Crippen LogP contribution in [-0.4, -0.2) is 84.8 Å². The topological polar surface area (TPSA) is 113 Å². The van der Waals surface area contributed by atoms with Gasteiger partial charge in [0.1, 0.15) is 0 Å². The maximum absolute atomic E-state index is 13.1. The number of rotatable bonds is 27. The zero-order valence-electron chi connectivity index (χ0n) is 27.2. The predicted molar refractivity (Wildman–Crippen MR) is 177 cm³/mol. The first-order valence-electron chi connectivity index (χ1n) is 16.6. The molecule has 0 unspecified atom stereocenters. The third-order valence-corrected chi connectivity index (χ3v) is 7.07. The average molecular weight is 590 g/mol. The molecule has 42 heavy (non-hydrogen) atoms. The van der Waals surface area contributed by atoms with Crippen molar-refractivity contribution in [1.29, 1.82) is 0 Å². The summed E-state index contributed by atoms with van der Waals surface area (Å²) in [4.78, 5) is 44.6. The fourth-order valence-electron chi connectivity index (χ4n) is 4.65. The van der Waals surface area contributed by atoms with Crippen LogP contribution in [0, 0.1) is 0 Å². The van der Waals surface area contributed by atoms with Gasteiger partial charge < -0.3 is 26.2 Å². The van der Waals surface area contributed by atoms with Gasteiger partial charge in [-0.05, 0) is 83.7 Å². The number of carbonyl (C=O) groups is 3. The Hall–Kier alpha value is -2.45. The number of amides is 3. The van der Waals surface area contributed by atoms with E-state index in [-0.39, 0.29) is 17.7 Å². The maximum atomic E-state index is 13.1. The van der Waals surface area contributed by atoms with Crippen LogP contribution in [-0.2, 0) is 14.4 Å². The largest absolute Gasteiger partial charge is 0.343 e. The van der Waals surface area contributed by atoms with E-state index >= 15 is 0 Å². The molecule has 0 fully saturated rings. The minimum Gasteiger partial charge on any atom is -0.343 e. The van der Waals surface area contributed by atoms with E-state index in [9.17, 15) is 14.4 Å². The highest BCUT2D eigenvalue weighted by atomic mass is 16.2. The summed E-state index contributed by atoms with van der Waals surface area (Å²) < 4.78 is 0. The molecule has 0 aromatic heterocycles. The molecular formula is C34H63N5O3. The Kier molecular flexibility index (Phi) is 27.0. The van der Waals surface area contributed by atoms with Crippen molar-refractivity contribution < 1.29 is 14.4 Å². The lowest BCUT2D eigenvalue weighted by molar-refractivity contribution is -0.133. The summed E-state index contributed by atoms with van der Waals surface area (Å²) in [6.07, 6.45) is 23.2. The number of nitrogens with two attached hydrogens (primary N) is 2. The van der Waals surface area contributed by atoms with Crippen molar-refractivity contribution in [2.24, 2.45) is 11.5 Å². The Morgan fingerprint density at radius 3 is 1.02 bits per heavy atom. The van der Waals surface area contributed by atoms with Crippen LogP contribution >= 0.6 is 0 Å². The number of nitrogens with zero attached hydrogens (tertiary/aromatic N) is 3. The molecule has 0 atom stereocenters. The van der Waals surface area contributed by atoms with Crippen molar-refractivity contribution >= 4 is 17.7 Å². The molecule has 8 nitrogen and oxygen atoms in total. The molecule has 8 heteroatoms. The third-order valence-electron chi connectivity index (χ3n) is 7.07. The van der Waals surface area contributed by atoms with E-state index in [1.165, 1.54) is 0 Å². The highest BCUT2D eigenvalue weighted by Crippen LogP contribution is 2.09. The highest BCUT2D eigenvalue weighted by Gasteiger charge is 2.17. The minimum absolute atomic E-state index is 0.152. The first-order chi connectivity index (χ1) is 20.4. The van der Waals surface area contributed by atoms with Gasteiger partial charge in [0, 0.05) is 58.5 Å². The zero-order valence-corrected chi connectivity index (χ0v) is 27.2. The first kappa shape index (κ1) is 39.5. The van der Waals surface area contributed by atoms with Crippen LogP contribution in [0.1, 0.15) is 111 Å². The molecule has 0 aliphatic rings. The van der Waals surface area contributed by atoms with Crippen LogP contribution in [0.3, 0.4) is 0 Å². The van der Waals surface area contributed by atoms with E-state index in [0.717, 1.165) is 70.6 Å². The fourth-order valence-corrected chi connectivity index (χ4v) is 4.65. The summed E-state index contributed by atoms with van der Waals surface area (Å²) in [6, 6.07) is 0. The lowest BCUT2D eigenvalue weighted by atomic mass is 10.2. The fraction of sp³-hybridized carbons (Fsp3) is 0.735. The molecule has 0 aliphatic heterocycles. The van der Waals surface area contributed by atoms with E-state index in [1.807, 2.05) is 14.7 Å². The molecule has 0 bridgehead atoms. The Labute approximate surface area is 257 Å². The van der Waals surface area contributed by atoms with Crippen LogP contribution in [0.5, 0.6) is 0 Å². The van der Waals surface area contributed by atoms with Gasteiger partial charge in [-0.15, -0.1) is 0 Å². The van der Waals surface area contributed by atoms with Gasteiger partial charge in [-0.2, -0.15) is 0 Å². The van der Waals surface area contributed by atoms with E-state index < -0.39 is 0 Å². The molecule has 0 heterocycles. The molecule has 0 aromatic carbocycles. The number of carbonyl (C=O) groups excluding carboxylic acids is 3. The van der Waals surface area contributed by atoms with E-state index in [4.69, 9.17) is 11.5 Å². The number of allylic oxidation sites excluding steroid dienone is 6. The van der Waals surface area contributed by atoms with Gasteiger partial charge in [0.05, 0.1) is 0 Å². The first-order valence-corrected chi connectivity index (χ1v) is 16.6. The summed E-state index contributed by atoms with van der Waals surface area (Å²) in [6.45, 7) is 11.3. The smallest absolute Gasteiger partial charge is 0.222 e. The van der Waals surface area contributed by atoms with E-state index in [1.54, 1.807) is 0 Å². The van der Waals surface area contributed by atoms with Gasteiger partial charge >= 0.3 is 0 Å². The Bertz CT molecular complexity index is 781. The van der Waals surface area contributed by atoms with Crippen LogP contribution in [0.4, 0.5) is 0 Å². The minimum atomic E-state index is 0.152. The van der Waals surface area contributed by atoms with E-state index in [2.05, 4.69) is 57.2 Å². The quantitative estimate of drug-likeness (QED) is 0.0960. The van der Waals surface area contributed by atoms with Gasteiger partial charge in [-0.25, -0.2) is 0 Å². The molecule has 0 aliphatic carbocycles. The Balaban J connectivity index is 5.09. The van der Waals surface area contributed by atoms with Crippen LogP contribution in [0.2, 0.25) is 0 Å². The molecular weight excluding hydrogens is 526 g/mol. The molecule has 242 valence electrons. The standard InChI is InChI=1S/C34H63N5O3/c1-4-7-10-13-21-32(40)37(28-18-24-35)26-16-17-27-38(33(41)22-14-11-8-5-2)30-20-31-39(29-19-25-36)34(42)23-15-12-9-6-3/h7-12H,4-6,13-31,35-36H2,1-3H3. The van der Waals surface area contributed by atoms with Gasteiger partial charge in [-0.3, -0.25) is 14.4 Å². The number of unbranched alkanes of at least 4 members (excludes halogenated alkanes) is 1. The lowest BCUT2D eigenvalue weighted by Gasteiger charge is -2.27. The molecule has 0 aromatic rings. The zero-order chi connectivity index (χ0) is 31.3. The Morgan fingerprint density at radius 1 is 0.452 bits per heavy atom. The van der Waals surface area contributed by atoms with Gasteiger partial charge in [-0.1, -0.05) is 57.2 Å². The molecule has 0 spiro atoms. The van der Waals surface area contributed by atoms with Crippen molar-refractivity contribution in [3.05, 3.63) is 36.5 Å². The summed E-state index contributed by atoms with van der Waals surface area (Å²) in [5.41, 5.74) is 11.5. The summed E-state index contributed by atoms with van der Waals surface area (Å²) >= 11 is 0. The normalized spacial score (nSPS) is 11.6. The number of hydrogen-bond acceptors (Lipinski definition) is 5. The monoisotopic (exact) mass is 589 g/mol. The van der Waals surface area contributed by atoms with Crippen LogP contribution in [0.25, 0.3) is 0 Å². The van der Waals surface area contributed by atoms with E-state index in [0.29, 0.717) is 71.6 Å². The SMILES string of the molecule is CCC=CCCC(=O)N(CCCN)CCCCN(CCCN(CCCN)C(=O)CCC=CCC)C(=O)CCC=CCC. The average Bonchev–Trinajstić information content (AvgIpc) is 2.99. The van der Waals surface area contributed by atoms with Gasteiger partial charge in [0.25, 0.3) is 0 Å². The van der Waals surface area contributed by atoms with Crippen molar-refractivity contribution in [3.63, 3.8) is 0 Å². The van der Waals surface area contributed by atoms with Crippen LogP contribution < -0.4 is 11.5 Å². The second-order valence-electron chi connectivity index (χ2n) is 10.7. The predicted octanol–water partition coefficient (Wildman–Crippen LogP) is 5.58. The lowest BCUT2D eigenvalue weighted by Crippen LogP contribution is -2.38. The molecule has 3 amide bonds. The van der Waals surface area contributed by atoms with Crippen molar-refractivity contribution in [1.82, 2.24) is 14.7 Å². The molecule has 0 rings (SSSR count). The molecule has 0 saturated heterocycles. The number of hydrogen-bond donors (Lipinski definition) is 2. The summed E-state index contributed by atoms with van der Waals surface area (Å²) in [5, 5.41) is 0. The van der Waals surface area contributed by atoms with Gasteiger partial charge in [0.15, 0.2) is 0 Å². The maximum Gasteiger partial charge on any atom is 0.222 e. The Morgan fingerprint density at radius 2 is 0.738 bits per heavy atom. The van der Waals surface area contributed by atoms with Crippen molar-refractivity contribution in [2.45, 2.75) is 111 Å². The summed E-state index contributed by atoms with van der Waals surface area (Å²) in [5.74, 6) is 0.477. The second kappa shape index (κ2) is 28.7. The summed E-state index contributed by atoms with van der Waals surface area (Å²) in [7, 11) is 0. The van der Waals surface area contributed by atoms with Gasteiger partial charge in [0.2, 0.25) is 17.7 Å². The third kappa shape index (κ3) is 21.3.